The van der Waals surface area contributed by atoms with E-state index in [4.69, 9.17) is 4.74 Å². The van der Waals surface area contributed by atoms with Crippen LogP contribution in [0.1, 0.15) is 56.6 Å². The van der Waals surface area contributed by atoms with Crippen molar-refractivity contribution in [1.82, 2.24) is 20.2 Å². The Morgan fingerprint density at radius 1 is 1.16 bits per heavy atom. The molecule has 2 aromatic heterocycles. The maximum Gasteiger partial charge on any atom is 0.279 e. The Kier molecular flexibility index (Phi) is 5.16. The van der Waals surface area contributed by atoms with Gasteiger partial charge in [0.1, 0.15) is 17.1 Å². The lowest BCUT2D eigenvalue weighted by Gasteiger charge is -2.07. The van der Waals surface area contributed by atoms with E-state index >= 15 is 0 Å². The first-order valence-electron chi connectivity index (χ1n) is 8.77. The number of nitrogens with one attached hydrogen (secondary N) is 2. The summed E-state index contributed by atoms with van der Waals surface area (Å²) >= 11 is 0. The van der Waals surface area contributed by atoms with Gasteiger partial charge < -0.3 is 9.72 Å². The van der Waals surface area contributed by atoms with E-state index in [0.717, 1.165) is 36.5 Å². The van der Waals surface area contributed by atoms with E-state index in [9.17, 15) is 4.79 Å². The van der Waals surface area contributed by atoms with Crippen molar-refractivity contribution in [3.63, 3.8) is 0 Å². The van der Waals surface area contributed by atoms with Crippen molar-refractivity contribution in [2.75, 3.05) is 6.61 Å². The van der Waals surface area contributed by atoms with Crippen molar-refractivity contribution < 1.29 is 4.74 Å². The normalized spacial score (nSPS) is 11.4. The third-order valence-electron chi connectivity index (χ3n) is 4.13. The summed E-state index contributed by atoms with van der Waals surface area (Å²) in [4.78, 5) is 19.7. The first-order valence-corrected chi connectivity index (χ1v) is 8.77. The predicted octanol–water partition coefficient (Wildman–Crippen LogP) is 3.54. The maximum atomic E-state index is 12.2. The maximum absolute atomic E-state index is 12.2. The number of hydrogen-bond donors (Lipinski definition) is 2. The molecule has 0 aliphatic carbocycles. The minimum atomic E-state index is -0.206. The zero-order chi connectivity index (χ0) is 17.8. The minimum absolute atomic E-state index is 0.206. The van der Waals surface area contributed by atoms with Crippen molar-refractivity contribution in [2.24, 2.45) is 0 Å². The highest BCUT2D eigenvalue weighted by molar-refractivity contribution is 5.76. The van der Waals surface area contributed by atoms with Gasteiger partial charge in [0, 0.05) is 6.42 Å². The Morgan fingerprint density at radius 2 is 1.92 bits per heavy atom. The second-order valence-electron chi connectivity index (χ2n) is 6.52. The molecule has 3 aromatic rings. The monoisotopic (exact) mass is 340 g/mol. The number of aromatic amines is 2. The number of ether oxygens (including phenoxy) is 1. The molecule has 132 valence electrons. The van der Waals surface area contributed by atoms with Crippen molar-refractivity contribution in [1.29, 1.82) is 0 Å². The fraction of sp³-hybridized carbons (Fsp3) is 0.421. The van der Waals surface area contributed by atoms with E-state index in [-0.39, 0.29) is 11.5 Å². The molecule has 1 aromatic carbocycles. The van der Waals surface area contributed by atoms with E-state index in [1.165, 1.54) is 0 Å². The van der Waals surface area contributed by atoms with Gasteiger partial charge in [-0.15, -0.1) is 0 Å². The second kappa shape index (κ2) is 7.51. The number of fused-ring (bicyclic) bond motifs is 1. The molecule has 6 heteroatoms. The predicted molar refractivity (Wildman–Crippen MR) is 98.2 cm³/mol. The third kappa shape index (κ3) is 3.90. The van der Waals surface area contributed by atoms with Crippen LogP contribution < -0.4 is 10.3 Å². The van der Waals surface area contributed by atoms with E-state index in [1.807, 2.05) is 38.1 Å². The highest BCUT2D eigenvalue weighted by Gasteiger charge is 2.14. The molecular formula is C19H24N4O2. The molecule has 3 rings (SSSR count). The molecule has 0 aliphatic heterocycles. The van der Waals surface area contributed by atoms with Crippen LogP contribution in [0.2, 0.25) is 0 Å². The van der Waals surface area contributed by atoms with Gasteiger partial charge >= 0.3 is 0 Å². The molecule has 0 radical (unpaired) electrons. The molecule has 25 heavy (non-hydrogen) atoms. The number of rotatable bonds is 7. The molecule has 0 atom stereocenters. The molecule has 0 saturated carbocycles. The van der Waals surface area contributed by atoms with Crippen molar-refractivity contribution in [2.45, 2.75) is 46.0 Å². The molecule has 2 N–H and O–H groups in total. The van der Waals surface area contributed by atoms with E-state index in [0.29, 0.717) is 23.3 Å². The summed E-state index contributed by atoms with van der Waals surface area (Å²) in [5.74, 6) is 1.73. The molecule has 0 saturated heterocycles. The fourth-order valence-electron chi connectivity index (χ4n) is 2.69. The topological polar surface area (TPSA) is 83.7 Å². The number of benzene rings is 1. The van der Waals surface area contributed by atoms with Crippen LogP contribution >= 0.6 is 0 Å². The minimum Gasteiger partial charge on any atom is -0.494 e. The quantitative estimate of drug-likeness (QED) is 0.644. The van der Waals surface area contributed by atoms with Gasteiger partial charge in [0.05, 0.1) is 12.3 Å². The van der Waals surface area contributed by atoms with Crippen molar-refractivity contribution in [3.8, 4) is 5.75 Å². The van der Waals surface area contributed by atoms with Gasteiger partial charge in [-0.05, 0) is 30.0 Å². The molecular weight excluding hydrogens is 316 g/mol. The summed E-state index contributed by atoms with van der Waals surface area (Å²) in [5.41, 5.74) is 2.78. The summed E-state index contributed by atoms with van der Waals surface area (Å²) in [7, 11) is 0. The lowest BCUT2D eigenvalue weighted by atomic mass is 10.1. The van der Waals surface area contributed by atoms with E-state index in [2.05, 4.69) is 27.1 Å². The second-order valence-corrected chi connectivity index (χ2v) is 6.52. The fourth-order valence-corrected chi connectivity index (χ4v) is 2.69. The highest BCUT2D eigenvalue weighted by atomic mass is 16.5. The van der Waals surface area contributed by atoms with E-state index < -0.39 is 0 Å². The standard InChI is InChI=1S/C19H24N4O2/c1-4-5-10-25-14-8-6-13(7-9-14)11-15-20-17-16(12(2)3)22-23-18(17)19(24)21-15/h6-9,12H,4-5,10-11H2,1-3H3,(H,22,23)(H,20,21,24). The number of aromatic nitrogens is 4. The Hall–Kier alpha value is -2.63. The lowest BCUT2D eigenvalue weighted by molar-refractivity contribution is 0.309. The van der Waals surface area contributed by atoms with Gasteiger partial charge in [-0.1, -0.05) is 39.3 Å². The van der Waals surface area contributed by atoms with Crippen molar-refractivity contribution in [3.05, 3.63) is 51.7 Å². The first-order chi connectivity index (χ1) is 12.1. The van der Waals surface area contributed by atoms with Crippen LogP contribution in [0.5, 0.6) is 5.75 Å². The number of nitrogens with zero attached hydrogens (tertiary/aromatic N) is 2. The highest BCUT2D eigenvalue weighted by Crippen LogP contribution is 2.19. The number of unbranched alkanes of at least 4 members (excludes halogenated alkanes) is 1. The van der Waals surface area contributed by atoms with Crippen LogP contribution in [0.3, 0.4) is 0 Å². The van der Waals surface area contributed by atoms with Gasteiger partial charge in [0.15, 0.2) is 5.52 Å². The summed E-state index contributed by atoms with van der Waals surface area (Å²) in [6.07, 6.45) is 2.73. The van der Waals surface area contributed by atoms with Gasteiger partial charge in [-0.3, -0.25) is 9.89 Å². The van der Waals surface area contributed by atoms with Crippen LogP contribution in [0.4, 0.5) is 0 Å². The van der Waals surface area contributed by atoms with Crippen LogP contribution in [-0.4, -0.2) is 26.8 Å². The van der Waals surface area contributed by atoms with Gasteiger partial charge in [-0.2, -0.15) is 5.10 Å². The molecule has 0 unspecified atom stereocenters. The summed E-state index contributed by atoms with van der Waals surface area (Å²) < 4.78 is 5.67. The lowest BCUT2D eigenvalue weighted by Crippen LogP contribution is -2.12. The zero-order valence-electron chi connectivity index (χ0n) is 14.9. The Labute approximate surface area is 146 Å². The number of hydrogen-bond acceptors (Lipinski definition) is 4. The Balaban J connectivity index is 1.80. The Morgan fingerprint density at radius 3 is 2.60 bits per heavy atom. The average Bonchev–Trinajstić information content (AvgIpc) is 3.01. The first kappa shape index (κ1) is 17.2. The molecule has 0 amide bonds. The third-order valence-corrected chi connectivity index (χ3v) is 4.13. The molecule has 0 aliphatic rings. The van der Waals surface area contributed by atoms with Gasteiger partial charge in [0.2, 0.25) is 0 Å². The molecule has 0 fully saturated rings. The van der Waals surface area contributed by atoms with Gasteiger partial charge in [0.25, 0.3) is 5.56 Å². The van der Waals surface area contributed by atoms with Crippen molar-refractivity contribution >= 4 is 11.0 Å². The summed E-state index contributed by atoms with van der Waals surface area (Å²) in [6, 6.07) is 7.92. The smallest absolute Gasteiger partial charge is 0.279 e. The molecule has 0 spiro atoms. The average molecular weight is 340 g/mol. The zero-order valence-corrected chi connectivity index (χ0v) is 14.9. The summed E-state index contributed by atoms with van der Waals surface area (Å²) in [5, 5.41) is 7.01. The van der Waals surface area contributed by atoms with Crippen LogP contribution in [-0.2, 0) is 6.42 Å². The SMILES string of the molecule is CCCCOc1ccc(Cc2nc3c(C(C)C)[nH]nc3c(=O)[nH]2)cc1. The van der Waals surface area contributed by atoms with Gasteiger partial charge in [-0.25, -0.2) is 4.98 Å². The molecule has 2 heterocycles. The summed E-state index contributed by atoms with van der Waals surface area (Å²) in [6.45, 7) is 6.97. The van der Waals surface area contributed by atoms with Crippen LogP contribution in [0.25, 0.3) is 11.0 Å². The Bertz CT molecular complexity index is 894. The van der Waals surface area contributed by atoms with Crippen LogP contribution in [0, 0.1) is 0 Å². The van der Waals surface area contributed by atoms with E-state index in [1.54, 1.807) is 0 Å². The number of H-pyrrole nitrogens is 2. The molecule has 6 nitrogen and oxygen atoms in total. The molecule has 0 bridgehead atoms. The van der Waals surface area contributed by atoms with Crippen LogP contribution in [0.15, 0.2) is 29.1 Å². The largest absolute Gasteiger partial charge is 0.494 e.